The molecule has 0 amide bonds. The van der Waals surface area contributed by atoms with E-state index in [-0.39, 0.29) is 0 Å². The van der Waals surface area contributed by atoms with Crippen LogP contribution in [0.15, 0.2) is 48.9 Å². The minimum atomic E-state index is 0.826. The van der Waals surface area contributed by atoms with Crippen molar-refractivity contribution >= 4 is 21.5 Å². The Morgan fingerprint density at radius 3 is 2.79 bits per heavy atom. The molecule has 3 heterocycles. The van der Waals surface area contributed by atoms with E-state index in [1.165, 1.54) is 64.2 Å². The number of aryl methyl sites for hydroxylation is 2. The first-order valence-corrected chi connectivity index (χ1v) is 10.7. The van der Waals surface area contributed by atoms with Gasteiger partial charge in [-0.05, 0) is 59.4 Å². The molecule has 0 N–H and O–H groups in total. The van der Waals surface area contributed by atoms with Gasteiger partial charge in [0.15, 0.2) is 6.20 Å². The van der Waals surface area contributed by atoms with E-state index in [0.717, 1.165) is 29.2 Å². The van der Waals surface area contributed by atoms with E-state index >= 15 is 0 Å². The molecule has 1 fully saturated rings. The Labute approximate surface area is 171 Å². The number of ether oxygens (including phenoxy) is 1. The van der Waals surface area contributed by atoms with Crippen LogP contribution < -0.4 is 9.30 Å². The van der Waals surface area contributed by atoms with Crippen molar-refractivity contribution in [3.8, 4) is 22.8 Å². The average Bonchev–Trinajstić information content (AvgIpc) is 3.23. The van der Waals surface area contributed by atoms with E-state index in [2.05, 4.69) is 60.1 Å². The molecule has 6 rings (SSSR count). The van der Waals surface area contributed by atoms with Gasteiger partial charge in [0.1, 0.15) is 18.5 Å². The van der Waals surface area contributed by atoms with Crippen LogP contribution >= 0.6 is 0 Å². The summed E-state index contributed by atoms with van der Waals surface area (Å²) >= 11 is 0. The molecule has 2 aromatic heterocycles. The summed E-state index contributed by atoms with van der Waals surface area (Å²) in [6.45, 7) is 2.20. The van der Waals surface area contributed by atoms with Crippen LogP contribution in [0.3, 0.4) is 0 Å². The Morgan fingerprint density at radius 1 is 1.07 bits per heavy atom. The fraction of sp³-hybridized carbons (Fsp3) is 0.308. The quantitative estimate of drug-likeness (QED) is 0.349. The van der Waals surface area contributed by atoms with Crippen LogP contribution in [-0.4, -0.2) is 4.98 Å². The Morgan fingerprint density at radius 2 is 1.93 bits per heavy atom. The average molecular weight is 381 g/mol. The van der Waals surface area contributed by atoms with Crippen LogP contribution in [0.1, 0.15) is 36.8 Å². The SMILES string of the molecule is Cc1c2c(cc3cnccc13)Oc1cc(CC3CCCC3)cc3cc[n+](C)c-2c13. The van der Waals surface area contributed by atoms with E-state index < -0.39 is 0 Å². The van der Waals surface area contributed by atoms with Crippen molar-refractivity contribution in [1.82, 2.24) is 4.98 Å². The zero-order valence-corrected chi connectivity index (χ0v) is 17.0. The maximum absolute atomic E-state index is 6.56. The van der Waals surface area contributed by atoms with Crippen LogP contribution in [0.5, 0.6) is 11.5 Å². The van der Waals surface area contributed by atoms with Crippen molar-refractivity contribution in [2.24, 2.45) is 13.0 Å². The molecule has 0 unspecified atom stereocenters. The molecule has 4 aromatic rings. The van der Waals surface area contributed by atoms with Gasteiger partial charge in [0.2, 0.25) is 5.69 Å². The monoisotopic (exact) mass is 381 g/mol. The first-order valence-electron chi connectivity index (χ1n) is 10.7. The minimum absolute atomic E-state index is 0.826. The van der Waals surface area contributed by atoms with Gasteiger partial charge in [0, 0.05) is 23.8 Å². The van der Waals surface area contributed by atoms with Crippen LogP contribution in [0, 0.1) is 12.8 Å². The van der Waals surface area contributed by atoms with Gasteiger partial charge in [0.05, 0.1) is 10.9 Å². The largest absolute Gasteiger partial charge is 0.456 e. The molecule has 29 heavy (non-hydrogen) atoms. The first kappa shape index (κ1) is 17.0. The zero-order valence-electron chi connectivity index (χ0n) is 17.0. The molecule has 144 valence electrons. The zero-order chi connectivity index (χ0) is 19.5. The second kappa shape index (κ2) is 6.28. The van der Waals surface area contributed by atoms with E-state index in [1.54, 1.807) is 0 Å². The third-order valence-corrected chi connectivity index (χ3v) is 6.88. The predicted molar refractivity (Wildman–Crippen MR) is 116 cm³/mol. The molecule has 1 aliphatic carbocycles. The van der Waals surface area contributed by atoms with Crippen molar-refractivity contribution in [2.45, 2.75) is 39.0 Å². The van der Waals surface area contributed by atoms with E-state index in [1.807, 2.05) is 12.4 Å². The molecule has 2 aliphatic rings. The van der Waals surface area contributed by atoms with Crippen molar-refractivity contribution in [3.05, 3.63) is 60.0 Å². The van der Waals surface area contributed by atoms with Gasteiger partial charge >= 0.3 is 0 Å². The normalized spacial score (nSPS) is 15.7. The summed E-state index contributed by atoms with van der Waals surface area (Å²) in [5.41, 5.74) is 5.11. The molecule has 0 atom stereocenters. The van der Waals surface area contributed by atoms with Gasteiger partial charge in [-0.15, -0.1) is 0 Å². The van der Waals surface area contributed by atoms with Crippen molar-refractivity contribution < 1.29 is 9.30 Å². The molecule has 3 heteroatoms. The van der Waals surface area contributed by atoms with E-state index in [9.17, 15) is 0 Å². The third kappa shape index (κ3) is 2.57. The van der Waals surface area contributed by atoms with Crippen molar-refractivity contribution in [2.75, 3.05) is 0 Å². The summed E-state index contributed by atoms with van der Waals surface area (Å²) in [6.07, 6.45) is 12.6. The Balaban J connectivity index is 1.61. The van der Waals surface area contributed by atoms with Crippen molar-refractivity contribution in [1.29, 1.82) is 0 Å². The van der Waals surface area contributed by atoms with Gasteiger partial charge in [-0.25, -0.2) is 4.57 Å². The number of aromatic nitrogens is 2. The maximum atomic E-state index is 6.56. The molecule has 0 radical (unpaired) electrons. The highest BCUT2D eigenvalue weighted by molar-refractivity contribution is 6.05. The number of nitrogens with zero attached hydrogens (tertiary/aromatic N) is 2. The predicted octanol–water partition coefficient (Wildman–Crippen LogP) is 6.03. The molecule has 0 spiro atoms. The van der Waals surface area contributed by atoms with Gasteiger partial charge in [-0.1, -0.05) is 31.7 Å². The van der Waals surface area contributed by atoms with Crippen LogP contribution in [0.25, 0.3) is 32.8 Å². The molecule has 0 bridgehead atoms. The summed E-state index contributed by atoms with van der Waals surface area (Å²) in [5.74, 6) is 2.76. The highest BCUT2D eigenvalue weighted by Crippen LogP contribution is 2.48. The molecule has 1 aliphatic heterocycles. The summed E-state index contributed by atoms with van der Waals surface area (Å²) in [5, 5.41) is 4.88. The van der Waals surface area contributed by atoms with E-state index in [4.69, 9.17) is 4.74 Å². The lowest BCUT2D eigenvalue weighted by Crippen LogP contribution is -2.31. The molecule has 1 saturated carbocycles. The fourth-order valence-corrected chi connectivity index (χ4v) is 5.46. The standard InChI is InChI=1S/C26H25N2O/c1-16-21-7-9-27-15-20(21)14-23-24(16)26-25-19(8-10-28(26)2)12-18(13-22(25)29-23)11-17-5-3-4-6-17/h7-10,12-15,17H,3-6,11H2,1-2H3/q+1. The molecular weight excluding hydrogens is 356 g/mol. The lowest BCUT2D eigenvalue weighted by molar-refractivity contribution is -0.659. The van der Waals surface area contributed by atoms with Gasteiger partial charge in [0.25, 0.3) is 0 Å². The highest BCUT2D eigenvalue weighted by Gasteiger charge is 2.30. The number of hydrogen-bond donors (Lipinski definition) is 0. The van der Waals surface area contributed by atoms with Crippen LogP contribution in [0.2, 0.25) is 0 Å². The van der Waals surface area contributed by atoms with Crippen LogP contribution in [0.4, 0.5) is 0 Å². The molecule has 2 aromatic carbocycles. The van der Waals surface area contributed by atoms with Gasteiger partial charge < -0.3 is 4.74 Å². The lowest BCUT2D eigenvalue weighted by Gasteiger charge is -2.23. The number of hydrogen-bond acceptors (Lipinski definition) is 2. The van der Waals surface area contributed by atoms with Crippen molar-refractivity contribution in [3.63, 3.8) is 0 Å². The Hall–Kier alpha value is -2.94. The van der Waals surface area contributed by atoms with Crippen LogP contribution in [-0.2, 0) is 13.5 Å². The van der Waals surface area contributed by atoms with E-state index in [0.29, 0.717) is 0 Å². The first-order chi connectivity index (χ1) is 14.2. The third-order valence-electron chi connectivity index (χ3n) is 6.88. The molecule has 0 saturated heterocycles. The Bertz CT molecular complexity index is 1290. The lowest BCUT2D eigenvalue weighted by atomic mass is 9.90. The molecule has 3 nitrogen and oxygen atoms in total. The second-order valence-electron chi connectivity index (χ2n) is 8.76. The Kier molecular flexibility index (Phi) is 3.67. The number of fused-ring (bicyclic) bond motifs is 3. The number of benzene rings is 2. The molecular formula is C26H25N2O+. The summed E-state index contributed by atoms with van der Waals surface area (Å²) < 4.78 is 8.80. The number of rotatable bonds is 2. The minimum Gasteiger partial charge on any atom is -0.456 e. The summed E-state index contributed by atoms with van der Waals surface area (Å²) in [7, 11) is 2.14. The van der Waals surface area contributed by atoms with Gasteiger partial charge in [-0.3, -0.25) is 4.98 Å². The highest BCUT2D eigenvalue weighted by atomic mass is 16.5. The summed E-state index contributed by atoms with van der Waals surface area (Å²) in [4.78, 5) is 4.31. The topological polar surface area (TPSA) is 26.0 Å². The summed E-state index contributed by atoms with van der Waals surface area (Å²) in [6, 6.07) is 11.2. The maximum Gasteiger partial charge on any atom is 0.228 e. The second-order valence-corrected chi connectivity index (χ2v) is 8.76. The fourth-order valence-electron chi connectivity index (χ4n) is 5.46. The number of pyridine rings is 2. The van der Waals surface area contributed by atoms with Gasteiger partial charge in [-0.2, -0.15) is 0 Å². The smallest absolute Gasteiger partial charge is 0.228 e.